The number of nitrogens with zero attached hydrogens (tertiary/aromatic N) is 7. The molecule has 38 heavy (non-hydrogen) atoms. The van der Waals surface area contributed by atoms with E-state index in [-0.39, 0.29) is 0 Å². The summed E-state index contributed by atoms with van der Waals surface area (Å²) in [5, 5.41) is 4.20. The Hall–Kier alpha value is -2.97. The molecule has 0 aliphatic carbocycles. The van der Waals surface area contributed by atoms with Crippen LogP contribution in [0.3, 0.4) is 0 Å². The average Bonchev–Trinajstić information content (AvgIpc) is 3.56. The van der Waals surface area contributed by atoms with Gasteiger partial charge in [-0.15, -0.1) is 11.3 Å². The van der Waals surface area contributed by atoms with E-state index in [2.05, 4.69) is 26.0 Å². The van der Waals surface area contributed by atoms with Crippen molar-refractivity contribution in [2.24, 2.45) is 0 Å². The largest absolute Gasteiger partial charge is 0.378 e. The summed E-state index contributed by atoms with van der Waals surface area (Å²) in [4.78, 5) is 20.0. The van der Waals surface area contributed by atoms with E-state index in [0.717, 1.165) is 51.7 Å². The van der Waals surface area contributed by atoms with Gasteiger partial charge in [0, 0.05) is 56.3 Å². The predicted octanol–water partition coefficient (Wildman–Crippen LogP) is 2.63. The number of ether oxygens (including phenoxy) is 1. The lowest BCUT2D eigenvalue weighted by molar-refractivity contribution is 0.122. The SMILES string of the molecule is Cc1cccc(-c2nc(-c3nc(N4CCOCC4)c4sc(CN5CCN(S(C)(=O)=O)CC5)cc4n3)no2)c1. The third-order valence-electron chi connectivity index (χ3n) is 6.79. The molecule has 2 fully saturated rings. The Morgan fingerprint density at radius 1 is 0.974 bits per heavy atom. The van der Waals surface area contributed by atoms with Gasteiger partial charge in [-0.1, -0.05) is 22.9 Å². The van der Waals surface area contributed by atoms with Crippen LogP contribution in [0.4, 0.5) is 5.82 Å². The Bertz CT molecular complexity index is 1550. The normalized spacial score (nSPS) is 17.9. The van der Waals surface area contributed by atoms with E-state index in [0.29, 0.717) is 56.9 Å². The summed E-state index contributed by atoms with van der Waals surface area (Å²) >= 11 is 1.68. The van der Waals surface area contributed by atoms with Crippen LogP contribution in [0.5, 0.6) is 0 Å². The first-order chi connectivity index (χ1) is 18.3. The molecule has 0 radical (unpaired) electrons. The minimum atomic E-state index is -3.15. The van der Waals surface area contributed by atoms with Crippen molar-refractivity contribution >= 4 is 37.4 Å². The molecule has 13 heteroatoms. The van der Waals surface area contributed by atoms with E-state index < -0.39 is 10.0 Å². The number of morpholine rings is 1. The number of fused-ring (bicyclic) bond motifs is 1. The van der Waals surface area contributed by atoms with E-state index in [9.17, 15) is 8.42 Å². The van der Waals surface area contributed by atoms with Crippen LogP contribution in [0.1, 0.15) is 10.4 Å². The minimum absolute atomic E-state index is 0.350. The summed E-state index contributed by atoms with van der Waals surface area (Å²) in [6.07, 6.45) is 1.27. The van der Waals surface area contributed by atoms with Crippen LogP contribution < -0.4 is 4.90 Å². The molecule has 5 heterocycles. The first-order valence-corrected chi connectivity index (χ1v) is 15.2. The zero-order chi connectivity index (χ0) is 26.3. The quantitative estimate of drug-likeness (QED) is 0.351. The lowest BCUT2D eigenvalue weighted by Gasteiger charge is -2.32. The maximum absolute atomic E-state index is 11.9. The Balaban J connectivity index is 1.31. The molecular weight excluding hydrogens is 526 g/mol. The number of anilines is 1. The fourth-order valence-corrected chi connectivity index (χ4v) is 6.76. The van der Waals surface area contributed by atoms with Crippen LogP contribution in [0.15, 0.2) is 34.9 Å². The van der Waals surface area contributed by atoms with Gasteiger partial charge in [-0.05, 0) is 25.1 Å². The van der Waals surface area contributed by atoms with Crippen LogP contribution in [0.25, 0.3) is 33.3 Å². The highest BCUT2D eigenvalue weighted by atomic mass is 32.2. The molecule has 3 aromatic heterocycles. The van der Waals surface area contributed by atoms with E-state index in [1.54, 1.807) is 15.6 Å². The zero-order valence-corrected chi connectivity index (χ0v) is 23.0. The topological polar surface area (TPSA) is 118 Å². The molecule has 4 aromatic rings. The Morgan fingerprint density at radius 2 is 1.76 bits per heavy atom. The van der Waals surface area contributed by atoms with Crippen molar-refractivity contribution in [3.05, 3.63) is 40.8 Å². The van der Waals surface area contributed by atoms with Crippen LogP contribution in [0.2, 0.25) is 0 Å². The van der Waals surface area contributed by atoms with E-state index in [1.165, 1.54) is 6.26 Å². The number of hydrogen-bond donors (Lipinski definition) is 0. The van der Waals surface area contributed by atoms with Gasteiger partial charge in [-0.3, -0.25) is 4.90 Å². The number of sulfonamides is 1. The van der Waals surface area contributed by atoms with Crippen molar-refractivity contribution in [1.82, 2.24) is 29.3 Å². The van der Waals surface area contributed by atoms with Gasteiger partial charge in [0.1, 0.15) is 0 Å². The third kappa shape index (κ3) is 5.29. The monoisotopic (exact) mass is 555 g/mol. The van der Waals surface area contributed by atoms with Gasteiger partial charge < -0.3 is 14.2 Å². The van der Waals surface area contributed by atoms with Crippen LogP contribution in [-0.2, 0) is 21.3 Å². The van der Waals surface area contributed by atoms with Gasteiger partial charge in [0.05, 0.1) is 29.7 Å². The van der Waals surface area contributed by atoms with Crippen molar-refractivity contribution < 1.29 is 17.7 Å². The summed E-state index contributed by atoms with van der Waals surface area (Å²) in [7, 11) is -3.15. The fraction of sp³-hybridized carbons (Fsp3) is 0.440. The lowest BCUT2D eigenvalue weighted by atomic mass is 10.1. The Labute approximate surface area is 225 Å². The van der Waals surface area contributed by atoms with Crippen molar-refractivity contribution in [2.75, 3.05) is 63.6 Å². The number of thiophene rings is 1. The highest BCUT2D eigenvalue weighted by Crippen LogP contribution is 2.35. The third-order valence-corrected chi connectivity index (χ3v) is 9.19. The number of hydrogen-bond acceptors (Lipinski definition) is 11. The maximum Gasteiger partial charge on any atom is 0.258 e. The highest BCUT2D eigenvalue weighted by Gasteiger charge is 2.25. The van der Waals surface area contributed by atoms with Crippen molar-refractivity contribution in [2.45, 2.75) is 13.5 Å². The Kier molecular flexibility index (Phi) is 6.86. The summed E-state index contributed by atoms with van der Waals surface area (Å²) in [6, 6.07) is 10.0. The van der Waals surface area contributed by atoms with Gasteiger partial charge >= 0.3 is 0 Å². The minimum Gasteiger partial charge on any atom is -0.378 e. The molecule has 2 saturated heterocycles. The first kappa shape index (κ1) is 25.3. The molecule has 200 valence electrons. The van der Waals surface area contributed by atoms with Crippen molar-refractivity contribution in [3.63, 3.8) is 0 Å². The van der Waals surface area contributed by atoms with E-state index in [4.69, 9.17) is 19.2 Å². The van der Waals surface area contributed by atoms with E-state index >= 15 is 0 Å². The van der Waals surface area contributed by atoms with Gasteiger partial charge in [-0.25, -0.2) is 18.4 Å². The molecule has 0 amide bonds. The van der Waals surface area contributed by atoms with Crippen LogP contribution >= 0.6 is 11.3 Å². The average molecular weight is 556 g/mol. The lowest BCUT2D eigenvalue weighted by Crippen LogP contribution is -2.47. The summed E-state index contributed by atoms with van der Waals surface area (Å²) in [5.74, 6) is 2.06. The standard InChI is InChI=1S/C25H29N7O4S2/c1-17-4-3-5-18(14-17)25-28-23(29-36-25)22-26-20-15-19(16-30-6-8-32(9-7-30)38(2,33)34)37-21(20)24(27-22)31-10-12-35-13-11-31/h3-5,14-15H,6-13,16H2,1-2H3. The molecule has 0 N–H and O–H groups in total. The summed E-state index contributed by atoms with van der Waals surface area (Å²) < 4.78 is 37.4. The van der Waals surface area contributed by atoms with Gasteiger partial charge in [0.15, 0.2) is 5.82 Å². The van der Waals surface area contributed by atoms with Crippen molar-refractivity contribution in [3.8, 4) is 23.1 Å². The maximum atomic E-state index is 11.9. The molecule has 0 saturated carbocycles. The van der Waals surface area contributed by atoms with Gasteiger partial charge in [0.25, 0.3) is 5.89 Å². The number of rotatable bonds is 6. The second-order valence-electron chi connectivity index (χ2n) is 9.63. The molecule has 2 aliphatic rings. The number of aryl methyl sites for hydroxylation is 1. The Morgan fingerprint density at radius 3 is 2.50 bits per heavy atom. The number of benzene rings is 1. The molecule has 0 spiro atoms. The molecule has 0 bridgehead atoms. The predicted molar refractivity (Wildman–Crippen MR) is 146 cm³/mol. The fourth-order valence-electron chi connectivity index (χ4n) is 4.78. The van der Waals surface area contributed by atoms with Crippen LogP contribution in [0, 0.1) is 6.92 Å². The molecule has 0 unspecified atom stereocenters. The molecular formula is C25H29N7O4S2. The van der Waals surface area contributed by atoms with Crippen LogP contribution in [-0.4, -0.2) is 96.5 Å². The first-order valence-electron chi connectivity index (χ1n) is 12.6. The molecule has 0 atom stereocenters. The van der Waals surface area contributed by atoms with Crippen molar-refractivity contribution in [1.29, 1.82) is 0 Å². The number of aromatic nitrogens is 4. The summed E-state index contributed by atoms with van der Waals surface area (Å²) in [6.45, 7) is 7.93. The molecule has 1 aromatic carbocycles. The second kappa shape index (κ2) is 10.3. The molecule has 6 rings (SSSR count). The smallest absolute Gasteiger partial charge is 0.258 e. The van der Waals surface area contributed by atoms with E-state index in [1.807, 2.05) is 31.2 Å². The zero-order valence-electron chi connectivity index (χ0n) is 21.3. The molecule has 2 aliphatic heterocycles. The molecule has 11 nitrogen and oxygen atoms in total. The van der Waals surface area contributed by atoms with Gasteiger partial charge in [0.2, 0.25) is 21.7 Å². The highest BCUT2D eigenvalue weighted by molar-refractivity contribution is 7.88. The summed E-state index contributed by atoms with van der Waals surface area (Å²) in [5.41, 5.74) is 2.80. The number of piperazine rings is 1. The van der Waals surface area contributed by atoms with Gasteiger partial charge in [-0.2, -0.15) is 9.29 Å². The second-order valence-corrected chi connectivity index (χ2v) is 12.7.